The normalized spacial score (nSPS) is 18.2. The molecule has 2 aromatic heterocycles. The molecular formula is C17H17FN4OS. The molecule has 0 radical (unpaired) electrons. The highest BCUT2D eigenvalue weighted by Gasteiger charge is 2.27. The monoisotopic (exact) mass is 344 g/mol. The molecule has 1 fully saturated rings. The number of carbonyl (C=O) groups excluding carboxylic acids is 1. The highest BCUT2D eigenvalue weighted by molar-refractivity contribution is 7.11. The number of halogens is 1. The van der Waals surface area contributed by atoms with Crippen LogP contribution in [0.3, 0.4) is 0 Å². The van der Waals surface area contributed by atoms with Crippen LogP contribution >= 0.6 is 11.3 Å². The lowest BCUT2D eigenvalue weighted by molar-refractivity contribution is 0.0685. The van der Waals surface area contributed by atoms with Crippen molar-refractivity contribution >= 4 is 28.3 Å². The summed E-state index contributed by atoms with van der Waals surface area (Å²) in [4.78, 5) is 23.8. The summed E-state index contributed by atoms with van der Waals surface area (Å²) in [6.07, 6.45) is 3.67. The largest absolute Gasteiger partial charge is 0.336 e. The SMILES string of the molecule is Cc1ncsc1C(=O)N1CCCC(n2cnc3cc(F)ccc32)C1. The summed E-state index contributed by atoms with van der Waals surface area (Å²) in [5.41, 5.74) is 4.05. The van der Waals surface area contributed by atoms with E-state index in [1.165, 1.54) is 23.5 Å². The van der Waals surface area contributed by atoms with E-state index in [0.717, 1.165) is 30.6 Å². The van der Waals surface area contributed by atoms with Crippen LogP contribution < -0.4 is 0 Å². The van der Waals surface area contributed by atoms with Gasteiger partial charge in [-0.05, 0) is 31.9 Å². The molecule has 0 saturated carbocycles. The summed E-state index contributed by atoms with van der Waals surface area (Å²) in [7, 11) is 0. The van der Waals surface area contributed by atoms with Crippen molar-refractivity contribution in [3.63, 3.8) is 0 Å². The molecule has 3 heterocycles. The summed E-state index contributed by atoms with van der Waals surface area (Å²) >= 11 is 1.39. The molecule has 1 saturated heterocycles. The van der Waals surface area contributed by atoms with Crippen LogP contribution in [0.4, 0.5) is 4.39 Å². The molecule has 1 aromatic carbocycles. The number of likely N-dealkylation sites (tertiary alicyclic amines) is 1. The predicted molar refractivity (Wildman–Crippen MR) is 90.7 cm³/mol. The van der Waals surface area contributed by atoms with Gasteiger partial charge in [0, 0.05) is 19.2 Å². The Morgan fingerprint density at radius 2 is 2.25 bits per heavy atom. The van der Waals surface area contributed by atoms with Crippen LogP contribution in [0.1, 0.15) is 34.2 Å². The Labute approximate surface area is 142 Å². The van der Waals surface area contributed by atoms with Gasteiger partial charge in [0.15, 0.2) is 0 Å². The fraction of sp³-hybridized carbons (Fsp3) is 0.353. The molecular weight excluding hydrogens is 327 g/mol. The van der Waals surface area contributed by atoms with E-state index in [1.807, 2.05) is 11.8 Å². The van der Waals surface area contributed by atoms with E-state index in [4.69, 9.17) is 0 Å². The van der Waals surface area contributed by atoms with E-state index < -0.39 is 0 Å². The molecule has 124 valence electrons. The van der Waals surface area contributed by atoms with Gasteiger partial charge in [-0.2, -0.15) is 0 Å². The minimum atomic E-state index is -0.283. The van der Waals surface area contributed by atoms with Crippen LogP contribution in [0, 0.1) is 12.7 Å². The lowest BCUT2D eigenvalue weighted by Crippen LogP contribution is -2.40. The van der Waals surface area contributed by atoms with Crippen LogP contribution in [0.5, 0.6) is 0 Å². The van der Waals surface area contributed by atoms with Crippen LogP contribution in [-0.2, 0) is 0 Å². The van der Waals surface area contributed by atoms with Gasteiger partial charge in [0.25, 0.3) is 5.91 Å². The maximum Gasteiger partial charge on any atom is 0.265 e. The minimum absolute atomic E-state index is 0.0511. The van der Waals surface area contributed by atoms with E-state index >= 15 is 0 Å². The van der Waals surface area contributed by atoms with Crippen LogP contribution in [0.2, 0.25) is 0 Å². The summed E-state index contributed by atoms with van der Waals surface area (Å²) in [6.45, 7) is 3.26. The maximum absolute atomic E-state index is 13.3. The average molecular weight is 344 g/mol. The van der Waals surface area contributed by atoms with Gasteiger partial charge in [0.05, 0.1) is 34.6 Å². The maximum atomic E-state index is 13.3. The molecule has 7 heteroatoms. The van der Waals surface area contributed by atoms with E-state index in [1.54, 1.807) is 17.9 Å². The number of fused-ring (bicyclic) bond motifs is 1. The van der Waals surface area contributed by atoms with Crippen molar-refractivity contribution in [3.8, 4) is 0 Å². The number of thiazole rings is 1. The number of nitrogens with zero attached hydrogens (tertiary/aromatic N) is 4. The van der Waals surface area contributed by atoms with Crippen molar-refractivity contribution in [2.45, 2.75) is 25.8 Å². The van der Waals surface area contributed by atoms with Crippen LogP contribution in [0.25, 0.3) is 11.0 Å². The number of amides is 1. The number of imidazole rings is 1. The van der Waals surface area contributed by atoms with Crippen molar-refractivity contribution in [3.05, 3.63) is 46.4 Å². The Morgan fingerprint density at radius 3 is 3.04 bits per heavy atom. The molecule has 1 atom stereocenters. The Bertz CT molecular complexity index is 903. The highest BCUT2D eigenvalue weighted by Crippen LogP contribution is 2.27. The number of rotatable bonds is 2. The molecule has 3 aromatic rings. The molecule has 4 rings (SSSR count). The van der Waals surface area contributed by atoms with Crippen LogP contribution in [-0.4, -0.2) is 38.4 Å². The van der Waals surface area contributed by atoms with Gasteiger partial charge in [-0.3, -0.25) is 4.79 Å². The molecule has 0 spiro atoms. The van der Waals surface area contributed by atoms with Gasteiger partial charge in [-0.25, -0.2) is 14.4 Å². The van der Waals surface area contributed by atoms with E-state index in [2.05, 4.69) is 14.5 Å². The third-order valence-electron chi connectivity index (χ3n) is 4.55. The summed E-state index contributed by atoms with van der Waals surface area (Å²) < 4.78 is 15.4. The fourth-order valence-electron chi connectivity index (χ4n) is 3.31. The number of carbonyl (C=O) groups is 1. The summed E-state index contributed by atoms with van der Waals surface area (Å²) in [5, 5.41) is 0. The average Bonchev–Trinajstić information content (AvgIpc) is 3.20. The molecule has 1 aliphatic rings. The third kappa shape index (κ3) is 2.58. The van der Waals surface area contributed by atoms with Crippen molar-refractivity contribution in [2.24, 2.45) is 0 Å². The molecule has 1 aliphatic heterocycles. The molecule has 0 aliphatic carbocycles. The van der Waals surface area contributed by atoms with Crippen molar-refractivity contribution < 1.29 is 9.18 Å². The first-order chi connectivity index (χ1) is 11.6. The molecule has 0 bridgehead atoms. The van der Waals surface area contributed by atoms with E-state index in [9.17, 15) is 9.18 Å². The highest BCUT2D eigenvalue weighted by atomic mass is 32.1. The fourth-order valence-corrected chi connectivity index (χ4v) is 4.08. The van der Waals surface area contributed by atoms with E-state index in [0.29, 0.717) is 16.9 Å². The van der Waals surface area contributed by atoms with Crippen molar-refractivity contribution in [1.82, 2.24) is 19.4 Å². The van der Waals surface area contributed by atoms with Gasteiger partial charge in [-0.15, -0.1) is 11.3 Å². The first-order valence-corrected chi connectivity index (χ1v) is 8.83. The molecule has 24 heavy (non-hydrogen) atoms. The standard InChI is InChI=1S/C17H17FN4OS/c1-11-16(24-10-20-11)17(23)21-6-2-3-13(8-21)22-9-19-14-7-12(18)4-5-15(14)22/h4-5,7,9-10,13H,2-3,6,8H2,1H3. The van der Waals surface area contributed by atoms with Crippen molar-refractivity contribution in [1.29, 1.82) is 0 Å². The van der Waals surface area contributed by atoms with Crippen LogP contribution in [0.15, 0.2) is 30.0 Å². The molecule has 1 unspecified atom stereocenters. The Morgan fingerprint density at radius 1 is 1.38 bits per heavy atom. The minimum Gasteiger partial charge on any atom is -0.336 e. The number of aromatic nitrogens is 3. The topological polar surface area (TPSA) is 51.0 Å². The number of benzene rings is 1. The van der Waals surface area contributed by atoms with Gasteiger partial charge >= 0.3 is 0 Å². The Kier molecular flexibility index (Phi) is 3.80. The summed E-state index contributed by atoms with van der Waals surface area (Å²) in [5.74, 6) is -0.232. The zero-order valence-corrected chi connectivity index (χ0v) is 14.1. The number of hydrogen-bond donors (Lipinski definition) is 0. The predicted octanol–water partition coefficient (Wildman–Crippen LogP) is 3.42. The van der Waals surface area contributed by atoms with Gasteiger partial charge in [0.2, 0.25) is 0 Å². The Balaban J connectivity index is 1.60. The van der Waals surface area contributed by atoms with Crippen molar-refractivity contribution in [2.75, 3.05) is 13.1 Å². The third-order valence-corrected chi connectivity index (χ3v) is 5.47. The first kappa shape index (κ1) is 15.3. The smallest absolute Gasteiger partial charge is 0.265 e. The quantitative estimate of drug-likeness (QED) is 0.716. The number of piperidine rings is 1. The first-order valence-electron chi connectivity index (χ1n) is 7.95. The zero-order valence-electron chi connectivity index (χ0n) is 13.3. The molecule has 1 amide bonds. The lowest BCUT2D eigenvalue weighted by Gasteiger charge is -2.33. The second kappa shape index (κ2) is 5.98. The molecule has 0 N–H and O–H groups in total. The Hall–Kier alpha value is -2.28. The number of hydrogen-bond acceptors (Lipinski definition) is 4. The second-order valence-electron chi connectivity index (χ2n) is 6.10. The van der Waals surface area contributed by atoms with Gasteiger partial charge in [0.1, 0.15) is 10.7 Å². The lowest BCUT2D eigenvalue weighted by atomic mass is 10.0. The van der Waals surface area contributed by atoms with E-state index in [-0.39, 0.29) is 17.8 Å². The summed E-state index contributed by atoms with van der Waals surface area (Å²) in [6, 6.07) is 4.81. The van der Waals surface area contributed by atoms with Gasteiger partial charge in [-0.1, -0.05) is 0 Å². The number of aryl methyl sites for hydroxylation is 1. The second-order valence-corrected chi connectivity index (χ2v) is 6.95. The molecule has 5 nitrogen and oxygen atoms in total. The zero-order chi connectivity index (χ0) is 16.7. The van der Waals surface area contributed by atoms with Gasteiger partial charge < -0.3 is 9.47 Å².